The normalized spacial score (nSPS) is 13.9. The van der Waals surface area contributed by atoms with E-state index >= 15 is 0 Å². The lowest BCUT2D eigenvalue weighted by atomic mass is 9.97. The standard InChI is InChI=1S/C16H21NO3/c1-3-4-10-14(16(19)20)17-15(18)11-12(2)13-8-6-5-7-9-13/h3-9,12,14H,10-11H2,1-2H3,(H,17,18)(H,19,20)/b4-3+. The molecule has 0 saturated heterocycles. The topological polar surface area (TPSA) is 66.4 Å². The second kappa shape index (κ2) is 8.15. The van der Waals surface area contributed by atoms with Crippen LogP contribution < -0.4 is 5.32 Å². The summed E-state index contributed by atoms with van der Waals surface area (Å²) in [7, 11) is 0. The van der Waals surface area contributed by atoms with E-state index in [9.17, 15) is 9.59 Å². The second-order valence-corrected chi connectivity index (χ2v) is 4.78. The number of carboxylic acid groups (broad SMARTS) is 1. The maximum absolute atomic E-state index is 11.9. The molecule has 0 radical (unpaired) electrons. The van der Waals surface area contributed by atoms with E-state index in [0.717, 1.165) is 5.56 Å². The lowest BCUT2D eigenvalue weighted by Crippen LogP contribution is -2.40. The average molecular weight is 275 g/mol. The summed E-state index contributed by atoms with van der Waals surface area (Å²) in [5, 5.41) is 11.6. The quantitative estimate of drug-likeness (QED) is 0.752. The van der Waals surface area contributed by atoms with E-state index in [4.69, 9.17) is 5.11 Å². The molecule has 1 rings (SSSR count). The number of aliphatic carboxylic acids is 1. The molecule has 0 heterocycles. The number of hydrogen-bond donors (Lipinski definition) is 2. The molecule has 0 aromatic heterocycles. The number of amides is 1. The van der Waals surface area contributed by atoms with Crippen molar-refractivity contribution >= 4 is 11.9 Å². The van der Waals surface area contributed by atoms with Crippen molar-refractivity contribution in [2.75, 3.05) is 0 Å². The van der Waals surface area contributed by atoms with Gasteiger partial charge in [0, 0.05) is 6.42 Å². The van der Waals surface area contributed by atoms with Crippen LogP contribution in [-0.2, 0) is 9.59 Å². The summed E-state index contributed by atoms with van der Waals surface area (Å²) in [4.78, 5) is 23.0. The average Bonchev–Trinajstić information content (AvgIpc) is 2.44. The van der Waals surface area contributed by atoms with Gasteiger partial charge in [0.15, 0.2) is 0 Å². The van der Waals surface area contributed by atoms with Crippen molar-refractivity contribution in [2.45, 2.75) is 38.6 Å². The van der Waals surface area contributed by atoms with Crippen molar-refractivity contribution in [1.82, 2.24) is 5.32 Å². The molecule has 1 aromatic rings. The molecule has 1 aromatic carbocycles. The Hall–Kier alpha value is -2.10. The molecule has 0 aliphatic carbocycles. The summed E-state index contributed by atoms with van der Waals surface area (Å²) in [6.07, 6.45) is 4.09. The monoisotopic (exact) mass is 275 g/mol. The van der Waals surface area contributed by atoms with Crippen LogP contribution in [0.1, 0.15) is 38.2 Å². The molecule has 0 fully saturated rings. The molecule has 108 valence electrons. The molecular formula is C16H21NO3. The first-order valence-electron chi connectivity index (χ1n) is 6.72. The van der Waals surface area contributed by atoms with Gasteiger partial charge in [-0.3, -0.25) is 4.79 Å². The van der Waals surface area contributed by atoms with Crippen LogP contribution in [0, 0.1) is 0 Å². The first-order chi connectivity index (χ1) is 9.54. The highest BCUT2D eigenvalue weighted by atomic mass is 16.4. The van der Waals surface area contributed by atoms with Crippen molar-refractivity contribution in [3.8, 4) is 0 Å². The van der Waals surface area contributed by atoms with Gasteiger partial charge in [-0.15, -0.1) is 0 Å². The molecule has 20 heavy (non-hydrogen) atoms. The molecule has 4 nitrogen and oxygen atoms in total. The number of carbonyl (C=O) groups excluding carboxylic acids is 1. The summed E-state index contributed by atoms with van der Waals surface area (Å²) < 4.78 is 0. The Balaban J connectivity index is 2.55. The summed E-state index contributed by atoms with van der Waals surface area (Å²) in [5.41, 5.74) is 1.07. The number of nitrogens with one attached hydrogen (secondary N) is 1. The molecule has 2 N–H and O–H groups in total. The number of benzene rings is 1. The third-order valence-electron chi connectivity index (χ3n) is 3.10. The summed E-state index contributed by atoms with van der Waals surface area (Å²) in [6.45, 7) is 3.77. The largest absolute Gasteiger partial charge is 0.480 e. The Bertz CT molecular complexity index is 468. The van der Waals surface area contributed by atoms with Crippen molar-refractivity contribution in [3.63, 3.8) is 0 Å². The van der Waals surface area contributed by atoms with Crippen molar-refractivity contribution in [2.24, 2.45) is 0 Å². The van der Waals surface area contributed by atoms with Crippen LogP contribution >= 0.6 is 0 Å². The Morgan fingerprint density at radius 3 is 2.50 bits per heavy atom. The van der Waals surface area contributed by atoms with Gasteiger partial charge in [-0.25, -0.2) is 4.79 Å². The summed E-state index contributed by atoms with van der Waals surface area (Å²) in [5.74, 6) is -1.19. The second-order valence-electron chi connectivity index (χ2n) is 4.78. The molecule has 2 atom stereocenters. The third-order valence-corrected chi connectivity index (χ3v) is 3.10. The molecule has 0 aliphatic rings. The lowest BCUT2D eigenvalue weighted by molar-refractivity contribution is -0.141. The highest BCUT2D eigenvalue weighted by molar-refractivity contribution is 5.84. The number of carbonyl (C=O) groups is 2. The van der Waals surface area contributed by atoms with Gasteiger partial charge in [0.25, 0.3) is 0 Å². The molecule has 4 heteroatoms. The highest BCUT2D eigenvalue weighted by Gasteiger charge is 2.19. The summed E-state index contributed by atoms with van der Waals surface area (Å²) in [6, 6.07) is 8.85. The number of allylic oxidation sites excluding steroid dienone is 1. The Labute approximate surface area is 119 Å². The van der Waals surface area contributed by atoms with E-state index in [-0.39, 0.29) is 18.2 Å². The molecule has 0 aliphatic heterocycles. The van der Waals surface area contributed by atoms with E-state index in [2.05, 4.69) is 5.32 Å². The fourth-order valence-corrected chi connectivity index (χ4v) is 1.92. The zero-order valence-electron chi connectivity index (χ0n) is 11.9. The van der Waals surface area contributed by atoms with Gasteiger partial charge in [0.1, 0.15) is 6.04 Å². The number of rotatable bonds is 7. The fraction of sp³-hybridized carbons (Fsp3) is 0.375. The zero-order chi connectivity index (χ0) is 15.0. The van der Waals surface area contributed by atoms with Crippen LogP contribution in [0.5, 0.6) is 0 Å². The molecule has 2 unspecified atom stereocenters. The SMILES string of the molecule is C/C=C/CC(NC(=O)CC(C)c1ccccc1)C(=O)O. The van der Waals surface area contributed by atoms with Gasteiger partial charge >= 0.3 is 5.97 Å². The third kappa shape index (κ3) is 5.26. The van der Waals surface area contributed by atoms with Crippen LogP contribution in [0.2, 0.25) is 0 Å². The van der Waals surface area contributed by atoms with E-state index in [1.165, 1.54) is 0 Å². The van der Waals surface area contributed by atoms with Crippen molar-refractivity contribution < 1.29 is 14.7 Å². The van der Waals surface area contributed by atoms with Gasteiger partial charge in [0.05, 0.1) is 0 Å². The Morgan fingerprint density at radius 2 is 1.95 bits per heavy atom. The highest BCUT2D eigenvalue weighted by Crippen LogP contribution is 2.18. The van der Waals surface area contributed by atoms with Gasteiger partial charge in [-0.1, -0.05) is 49.4 Å². The molecule has 0 saturated carbocycles. The minimum atomic E-state index is -1.01. The predicted octanol–water partition coefficient (Wildman–Crippen LogP) is 2.72. The smallest absolute Gasteiger partial charge is 0.326 e. The Kier molecular flexibility index (Phi) is 6.50. The number of hydrogen-bond acceptors (Lipinski definition) is 2. The van der Waals surface area contributed by atoms with Crippen molar-refractivity contribution in [3.05, 3.63) is 48.0 Å². The first-order valence-corrected chi connectivity index (χ1v) is 6.72. The van der Waals surface area contributed by atoms with Crippen LogP contribution in [0.3, 0.4) is 0 Å². The van der Waals surface area contributed by atoms with Gasteiger partial charge in [-0.05, 0) is 24.8 Å². The van der Waals surface area contributed by atoms with Gasteiger partial charge in [-0.2, -0.15) is 0 Å². The molecule has 0 bridgehead atoms. The Morgan fingerprint density at radius 1 is 1.30 bits per heavy atom. The van der Waals surface area contributed by atoms with Crippen LogP contribution in [-0.4, -0.2) is 23.0 Å². The van der Waals surface area contributed by atoms with Crippen molar-refractivity contribution in [1.29, 1.82) is 0 Å². The van der Waals surface area contributed by atoms with Crippen LogP contribution in [0.4, 0.5) is 0 Å². The number of carboxylic acids is 1. The van der Waals surface area contributed by atoms with Crippen LogP contribution in [0.25, 0.3) is 0 Å². The zero-order valence-corrected chi connectivity index (χ0v) is 11.9. The fourth-order valence-electron chi connectivity index (χ4n) is 1.92. The van der Waals surface area contributed by atoms with E-state index in [1.54, 1.807) is 12.2 Å². The minimum Gasteiger partial charge on any atom is -0.480 e. The van der Waals surface area contributed by atoms with Gasteiger partial charge in [0.2, 0.25) is 5.91 Å². The van der Waals surface area contributed by atoms with Crippen LogP contribution in [0.15, 0.2) is 42.5 Å². The van der Waals surface area contributed by atoms with E-state index in [1.807, 2.05) is 44.2 Å². The van der Waals surface area contributed by atoms with E-state index < -0.39 is 12.0 Å². The minimum absolute atomic E-state index is 0.0624. The molecule has 0 spiro atoms. The molecular weight excluding hydrogens is 254 g/mol. The summed E-state index contributed by atoms with van der Waals surface area (Å²) >= 11 is 0. The maximum atomic E-state index is 11.9. The maximum Gasteiger partial charge on any atom is 0.326 e. The molecule has 1 amide bonds. The predicted molar refractivity (Wildman–Crippen MR) is 78.5 cm³/mol. The first kappa shape index (κ1) is 16.0. The van der Waals surface area contributed by atoms with Gasteiger partial charge < -0.3 is 10.4 Å². The lowest BCUT2D eigenvalue weighted by Gasteiger charge is -2.15. The van der Waals surface area contributed by atoms with E-state index in [0.29, 0.717) is 6.42 Å².